The summed E-state index contributed by atoms with van der Waals surface area (Å²) in [6.07, 6.45) is -4.96. The minimum atomic E-state index is -1.13. The maximum atomic E-state index is 12.5. The van der Waals surface area contributed by atoms with Crippen LogP contribution >= 0.6 is 0 Å². The lowest BCUT2D eigenvalue weighted by Gasteiger charge is -2.47. The number of benzene rings is 2. The van der Waals surface area contributed by atoms with Crippen LogP contribution in [0.1, 0.15) is 29.1 Å². The molecule has 6 atom stereocenters. The van der Waals surface area contributed by atoms with Gasteiger partial charge in [0, 0.05) is 12.2 Å². The molecule has 1 N–H and O–H groups in total. The largest absolute Gasteiger partial charge is 0.450 e. The molecule has 2 aliphatic rings. The molecule has 2 heterocycles. The molecule has 0 aliphatic carbocycles. The van der Waals surface area contributed by atoms with Crippen LogP contribution in [0.2, 0.25) is 0 Å². The first-order valence-corrected chi connectivity index (χ1v) is 9.70. The van der Waals surface area contributed by atoms with Crippen molar-refractivity contribution in [2.75, 3.05) is 13.2 Å². The second-order valence-electron chi connectivity index (χ2n) is 6.90. The molecule has 2 saturated heterocycles. The van der Waals surface area contributed by atoms with Gasteiger partial charge in [0.15, 0.2) is 18.7 Å². The fourth-order valence-corrected chi connectivity index (χ4v) is 3.54. The van der Waals surface area contributed by atoms with Gasteiger partial charge in [0.05, 0.1) is 12.2 Å². The molecule has 0 amide bonds. The van der Waals surface area contributed by atoms with Crippen molar-refractivity contribution < 1.29 is 33.6 Å². The molecule has 2 aromatic rings. The molecule has 2 aliphatic heterocycles. The van der Waals surface area contributed by atoms with Gasteiger partial charge in [0.1, 0.15) is 18.3 Å². The number of carbonyl (C=O) groups is 1. The molecular weight excluding hydrogens is 376 g/mol. The normalized spacial score (nSPS) is 31.7. The number of rotatable bonds is 5. The standard InChI is InChI=1S/C22H24O7/c1-2-25-22-19(28-20(24)14-9-5-3-6-10-14)17(23)18-16(27-22)13-26-21(29-18)15-11-7-4-8-12-15/h3-12,16-19,21-23H,2,13H2,1H3/t16-,17+,18+,19-,21?,22-/m1/s1. The zero-order chi connectivity index (χ0) is 20.2. The van der Waals surface area contributed by atoms with Crippen LogP contribution in [0.3, 0.4) is 0 Å². The van der Waals surface area contributed by atoms with Gasteiger partial charge in [0.2, 0.25) is 0 Å². The van der Waals surface area contributed by atoms with Crippen molar-refractivity contribution in [2.24, 2.45) is 0 Å². The molecule has 7 nitrogen and oxygen atoms in total. The second-order valence-corrected chi connectivity index (χ2v) is 6.90. The summed E-state index contributed by atoms with van der Waals surface area (Å²) in [4.78, 5) is 12.5. The Kier molecular flexibility index (Phi) is 6.22. The molecule has 2 aromatic carbocycles. The third-order valence-electron chi connectivity index (χ3n) is 4.96. The van der Waals surface area contributed by atoms with Gasteiger partial charge >= 0.3 is 5.97 Å². The summed E-state index contributed by atoms with van der Waals surface area (Å²) in [6.45, 7) is 2.37. The fourth-order valence-electron chi connectivity index (χ4n) is 3.54. The minimum Gasteiger partial charge on any atom is -0.450 e. The van der Waals surface area contributed by atoms with Crippen LogP contribution in [-0.4, -0.2) is 55.0 Å². The zero-order valence-electron chi connectivity index (χ0n) is 16.0. The molecule has 2 fully saturated rings. The lowest BCUT2D eigenvalue weighted by molar-refractivity contribution is -0.360. The summed E-state index contributed by atoms with van der Waals surface area (Å²) in [5.41, 5.74) is 1.22. The van der Waals surface area contributed by atoms with Gasteiger partial charge < -0.3 is 28.8 Å². The predicted octanol–water partition coefficient (Wildman–Crippen LogP) is 2.45. The van der Waals surface area contributed by atoms with E-state index in [9.17, 15) is 9.90 Å². The molecule has 0 radical (unpaired) electrons. The van der Waals surface area contributed by atoms with E-state index < -0.39 is 43.0 Å². The summed E-state index contributed by atoms with van der Waals surface area (Å²) >= 11 is 0. The van der Waals surface area contributed by atoms with Crippen LogP contribution < -0.4 is 0 Å². The van der Waals surface area contributed by atoms with Crippen LogP contribution in [0.5, 0.6) is 0 Å². The Balaban J connectivity index is 1.51. The third-order valence-corrected chi connectivity index (χ3v) is 4.96. The summed E-state index contributed by atoms with van der Waals surface area (Å²) in [5, 5.41) is 11.0. The number of esters is 1. The van der Waals surface area contributed by atoms with Crippen molar-refractivity contribution in [1.82, 2.24) is 0 Å². The third kappa shape index (κ3) is 4.34. The van der Waals surface area contributed by atoms with E-state index in [4.69, 9.17) is 23.7 Å². The average molecular weight is 400 g/mol. The maximum Gasteiger partial charge on any atom is 0.338 e. The van der Waals surface area contributed by atoms with E-state index >= 15 is 0 Å². The van der Waals surface area contributed by atoms with E-state index in [-0.39, 0.29) is 6.61 Å². The summed E-state index contributed by atoms with van der Waals surface area (Å²) in [5.74, 6) is -0.562. The highest BCUT2D eigenvalue weighted by atomic mass is 16.8. The Morgan fingerprint density at radius 2 is 1.76 bits per heavy atom. The zero-order valence-corrected chi connectivity index (χ0v) is 16.0. The highest BCUT2D eigenvalue weighted by Crippen LogP contribution is 2.35. The molecule has 154 valence electrons. The summed E-state index contributed by atoms with van der Waals surface area (Å²) < 4.78 is 28.9. The number of carbonyl (C=O) groups excluding carboxylic acids is 1. The minimum absolute atomic E-state index is 0.226. The smallest absolute Gasteiger partial charge is 0.338 e. The summed E-state index contributed by atoms with van der Waals surface area (Å²) in [7, 11) is 0. The van der Waals surface area contributed by atoms with Gasteiger partial charge in [-0.15, -0.1) is 0 Å². The average Bonchev–Trinajstić information content (AvgIpc) is 2.77. The van der Waals surface area contributed by atoms with E-state index in [0.29, 0.717) is 12.2 Å². The van der Waals surface area contributed by atoms with Crippen molar-refractivity contribution >= 4 is 5.97 Å². The Morgan fingerprint density at radius 3 is 2.45 bits per heavy atom. The topological polar surface area (TPSA) is 83.5 Å². The highest BCUT2D eigenvalue weighted by Gasteiger charge is 2.51. The van der Waals surface area contributed by atoms with Gasteiger partial charge in [-0.05, 0) is 19.1 Å². The molecule has 1 unspecified atom stereocenters. The predicted molar refractivity (Wildman–Crippen MR) is 102 cm³/mol. The first kappa shape index (κ1) is 20.0. The number of aliphatic hydroxyl groups is 1. The number of aliphatic hydroxyl groups excluding tert-OH is 1. The van der Waals surface area contributed by atoms with Crippen LogP contribution in [0, 0.1) is 0 Å². The number of ether oxygens (including phenoxy) is 5. The maximum absolute atomic E-state index is 12.5. The van der Waals surface area contributed by atoms with Crippen LogP contribution in [-0.2, 0) is 23.7 Å². The first-order chi connectivity index (χ1) is 14.2. The van der Waals surface area contributed by atoms with Crippen molar-refractivity contribution in [2.45, 2.75) is 43.9 Å². The molecule has 0 bridgehead atoms. The number of hydrogen-bond donors (Lipinski definition) is 1. The van der Waals surface area contributed by atoms with Gasteiger partial charge in [-0.1, -0.05) is 48.5 Å². The second kappa shape index (κ2) is 9.02. The van der Waals surface area contributed by atoms with Gasteiger partial charge in [-0.25, -0.2) is 4.79 Å². The van der Waals surface area contributed by atoms with Gasteiger partial charge in [0.25, 0.3) is 0 Å². The van der Waals surface area contributed by atoms with Crippen LogP contribution in [0.25, 0.3) is 0 Å². The van der Waals surface area contributed by atoms with E-state index in [1.165, 1.54) is 0 Å². The Bertz CT molecular complexity index is 797. The quantitative estimate of drug-likeness (QED) is 0.772. The van der Waals surface area contributed by atoms with Crippen molar-refractivity contribution in [1.29, 1.82) is 0 Å². The Morgan fingerprint density at radius 1 is 1.07 bits per heavy atom. The molecule has 0 saturated carbocycles. The van der Waals surface area contributed by atoms with Crippen LogP contribution in [0.4, 0.5) is 0 Å². The number of hydrogen-bond acceptors (Lipinski definition) is 7. The number of fused-ring (bicyclic) bond motifs is 1. The lowest BCUT2D eigenvalue weighted by atomic mass is 9.97. The lowest BCUT2D eigenvalue weighted by Crippen LogP contribution is -2.63. The van der Waals surface area contributed by atoms with E-state index in [1.807, 2.05) is 36.4 Å². The SMILES string of the molecule is CCO[C@@H]1O[C@@H]2COC(c3ccccc3)O[C@@H]2[C@H](O)[C@H]1OC(=O)c1ccccc1. The molecule has 29 heavy (non-hydrogen) atoms. The highest BCUT2D eigenvalue weighted by molar-refractivity contribution is 5.89. The molecule has 4 rings (SSSR count). The first-order valence-electron chi connectivity index (χ1n) is 9.70. The van der Waals surface area contributed by atoms with E-state index in [1.54, 1.807) is 31.2 Å². The van der Waals surface area contributed by atoms with E-state index in [2.05, 4.69) is 0 Å². The fraction of sp³-hybridized carbons (Fsp3) is 0.409. The molecule has 0 aromatic heterocycles. The molecular formula is C22H24O7. The summed E-state index contributed by atoms with van der Waals surface area (Å²) in [6, 6.07) is 18.0. The molecule has 7 heteroatoms. The Hall–Kier alpha value is -2.29. The molecule has 0 spiro atoms. The van der Waals surface area contributed by atoms with Crippen molar-refractivity contribution in [3.63, 3.8) is 0 Å². The van der Waals surface area contributed by atoms with Crippen molar-refractivity contribution in [3.05, 3.63) is 71.8 Å². The van der Waals surface area contributed by atoms with Gasteiger partial charge in [-0.3, -0.25) is 0 Å². The van der Waals surface area contributed by atoms with Crippen LogP contribution in [0.15, 0.2) is 60.7 Å². The van der Waals surface area contributed by atoms with Gasteiger partial charge in [-0.2, -0.15) is 0 Å². The van der Waals surface area contributed by atoms with E-state index in [0.717, 1.165) is 5.56 Å². The van der Waals surface area contributed by atoms with Crippen molar-refractivity contribution in [3.8, 4) is 0 Å². The monoisotopic (exact) mass is 400 g/mol. The Labute approximate surface area is 169 Å².